The average molecular weight is 472 g/mol. The van der Waals surface area contributed by atoms with Crippen molar-refractivity contribution in [1.82, 2.24) is 4.72 Å². The van der Waals surface area contributed by atoms with Crippen molar-refractivity contribution in [2.75, 3.05) is 18.5 Å². The van der Waals surface area contributed by atoms with E-state index >= 15 is 0 Å². The molecule has 9 nitrogen and oxygen atoms in total. The summed E-state index contributed by atoms with van der Waals surface area (Å²) in [6.07, 6.45) is 3.31. The van der Waals surface area contributed by atoms with Crippen molar-refractivity contribution in [3.63, 3.8) is 0 Å². The molecular weight excluding hydrogens is 446 g/mol. The SMILES string of the molecule is CCCCCC(=O)Nc1ccc(C(=O)COC(=O)CN=C2NS(=O)(=O)c3ccccc32)cc1. The van der Waals surface area contributed by atoms with Crippen molar-refractivity contribution in [3.05, 3.63) is 59.7 Å². The van der Waals surface area contributed by atoms with Gasteiger partial charge >= 0.3 is 5.97 Å². The normalized spacial score (nSPS) is 14.9. The smallest absolute Gasteiger partial charge is 0.328 e. The molecule has 0 radical (unpaired) electrons. The molecule has 10 heteroatoms. The van der Waals surface area contributed by atoms with Crippen LogP contribution in [0.1, 0.15) is 48.5 Å². The number of anilines is 1. The highest BCUT2D eigenvalue weighted by molar-refractivity contribution is 7.90. The molecule has 2 aromatic carbocycles. The summed E-state index contributed by atoms with van der Waals surface area (Å²) >= 11 is 0. The Morgan fingerprint density at radius 1 is 1.03 bits per heavy atom. The Bertz CT molecular complexity index is 1170. The van der Waals surface area contributed by atoms with Crippen molar-refractivity contribution >= 4 is 39.2 Å². The van der Waals surface area contributed by atoms with Crippen LogP contribution in [0.25, 0.3) is 0 Å². The lowest BCUT2D eigenvalue weighted by atomic mass is 10.1. The van der Waals surface area contributed by atoms with E-state index in [1.54, 1.807) is 42.5 Å². The number of benzene rings is 2. The fourth-order valence-electron chi connectivity index (χ4n) is 3.17. The first-order chi connectivity index (χ1) is 15.8. The molecule has 0 bridgehead atoms. The maximum atomic E-state index is 12.3. The first-order valence-electron chi connectivity index (χ1n) is 10.6. The van der Waals surface area contributed by atoms with Crippen LogP contribution in [-0.4, -0.2) is 45.1 Å². The van der Waals surface area contributed by atoms with Gasteiger partial charge in [0.05, 0.1) is 4.90 Å². The third-order valence-corrected chi connectivity index (χ3v) is 6.29. The van der Waals surface area contributed by atoms with Crippen LogP contribution in [0, 0.1) is 0 Å². The molecule has 2 aromatic rings. The summed E-state index contributed by atoms with van der Waals surface area (Å²) in [6.45, 7) is 1.15. The lowest BCUT2D eigenvalue weighted by molar-refractivity contribution is -0.140. The van der Waals surface area contributed by atoms with Gasteiger partial charge in [0.2, 0.25) is 5.91 Å². The summed E-state index contributed by atoms with van der Waals surface area (Å²) < 4.78 is 31.3. The molecule has 3 rings (SSSR count). The van der Waals surface area contributed by atoms with Gasteiger partial charge in [-0.3, -0.25) is 24.1 Å². The number of ketones is 1. The number of aliphatic imine (C=N–C) groups is 1. The van der Waals surface area contributed by atoms with E-state index in [2.05, 4.69) is 22.0 Å². The number of nitrogens with zero attached hydrogens (tertiary/aromatic N) is 1. The van der Waals surface area contributed by atoms with Crippen molar-refractivity contribution in [2.45, 2.75) is 37.5 Å². The molecule has 0 spiro atoms. The van der Waals surface area contributed by atoms with Gasteiger partial charge in [-0.1, -0.05) is 31.9 Å². The summed E-state index contributed by atoms with van der Waals surface area (Å²) in [4.78, 5) is 40.2. The number of hydrogen-bond acceptors (Lipinski definition) is 7. The number of ether oxygens (including phenoxy) is 1. The highest BCUT2D eigenvalue weighted by Crippen LogP contribution is 2.22. The molecule has 1 amide bonds. The molecule has 0 saturated carbocycles. The Labute approximate surface area is 192 Å². The van der Waals surface area contributed by atoms with E-state index in [1.807, 2.05) is 0 Å². The minimum atomic E-state index is -3.70. The number of amidine groups is 1. The topological polar surface area (TPSA) is 131 Å². The minimum Gasteiger partial charge on any atom is -0.456 e. The van der Waals surface area contributed by atoms with Crippen molar-refractivity contribution in [2.24, 2.45) is 4.99 Å². The number of carbonyl (C=O) groups excluding carboxylic acids is 3. The van der Waals surface area contributed by atoms with Gasteiger partial charge in [0, 0.05) is 23.2 Å². The van der Waals surface area contributed by atoms with Crippen LogP contribution in [-0.2, 0) is 24.3 Å². The minimum absolute atomic E-state index is 0.0567. The molecule has 0 aliphatic carbocycles. The summed E-state index contributed by atoms with van der Waals surface area (Å²) in [5.41, 5.74) is 1.29. The van der Waals surface area contributed by atoms with E-state index in [-0.39, 0.29) is 16.6 Å². The zero-order chi connectivity index (χ0) is 23.8. The van der Waals surface area contributed by atoms with Crippen LogP contribution in [0.5, 0.6) is 0 Å². The predicted octanol–water partition coefficient (Wildman–Crippen LogP) is 2.67. The van der Waals surface area contributed by atoms with Crippen LogP contribution >= 0.6 is 0 Å². The van der Waals surface area contributed by atoms with Gasteiger partial charge in [0.25, 0.3) is 10.0 Å². The molecule has 0 saturated heterocycles. The second-order valence-corrected chi connectivity index (χ2v) is 9.08. The van der Waals surface area contributed by atoms with Crippen LogP contribution in [0.3, 0.4) is 0 Å². The summed E-state index contributed by atoms with van der Waals surface area (Å²) in [5, 5.41) is 2.77. The van der Waals surface area contributed by atoms with Crippen LogP contribution in [0.2, 0.25) is 0 Å². The Balaban J connectivity index is 1.48. The Morgan fingerprint density at radius 2 is 1.76 bits per heavy atom. The van der Waals surface area contributed by atoms with Gasteiger partial charge in [0.15, 0.2) is 12.4 Å². The third-order valence-electron chi connectivity index (χ3n) is 4.89. The van der Waals surface area contributed by atoms with Gasteiger partial charge in [-0.2, -0.15) is 0 Å². The largest absolute Gasteiger partial charge is 0.456 e. The number of sulfonamides is 1. The Kier molecular flexibility index (Phi) is 7.94. The fraction of sp³-hybridized carbons (Fsp3) is 0.304. The van der Waals surface area contributed by atoms with E-state index in [1.165, 1.54) is 6.07 Å². The summed E-state index contributed by atoms with van der Waals surface area (Å²) in [5.74, 6) is -1.20. The number of esters is 1. The summed E-state index contributed by atoms with van der Waals surface area (Å²) in [7, 11) is -3.70. The molecule has 33 heavy (non-hydrogen) atoms. The summed E-state index contributed by atoms with van der Waals surface area (Å²) in [6, 6.07) is 12.6. The molecule has 0 unspecified atom stereocenters. The molecule has 0 fully saturated rings. The van der Waals surface area contributed by atoms with Crippen LogP contribution in [0.15, 0.2) is 58.4 Å². The highest BCUT2D eigenvalue weighted by atomic mass is 32.2. The molecule has 0 atom stereocenters. The standard InChI is InChI=1S/C23H25N3O6S/c1-2-3-4-9-21(28)25-17-12-10-16(11-13-17)19(27)15-32-22(29)14-24-23-18-7-5-6-8-20(18)33(30,31)26-23/h5-8,10-13H,2-4,9,14-15H2,1H3,(H,24,26)(H,25,28). The Morgan fingerprint density at radius 3 is 2.48 bits per heavy atom. The number of carbonyl (C=O) groups is 3. The first-order valence-corrected chi connectivity index (χ1v) is 12.0. The number of amides is 1. The second kappa shape index (κ2) is 10.9. The number of nitrogens with one attached hydrogen (secondary N) is 2. The van der Waals surface area contributed by atoms with Gasteiger partial charge in [-0.25, -0.2) is 8.42 Å². The second-order valence-electron chi connectivity index (χ2n) is 7.43. The zero-order valence-corrected chi connectivity index (χ0v) is 19.0. The van der Waals surface area contributed by atoms with Gasteiger partial charge in [-0.15, -0.1) is 0 Å². The molecule has 174 valence electrons. The number of hydrogen-bond donors (Lipinski definition) is 2. The van der Waals surface area contributed by atoms with Gasteiger partial charge < -0.3 is 10.1 Å². The van der Waals surface area contributed by atoms with Gasteiger partial charge in [-0.05, 0) is 42.8 Å². The van der Waals surface area contributed by atoms with E-state index < -0.39 is 34.9 Å². The number of fused-ring (bicyclic) bond motifs is 1. The van der Waals surface area contributed by atoms with Crippen LogP contribution in [0.4, 0.5) is 5.69 Å². The molecular formula is C23H25N3O6S. The molecule has 1 heterocycles. The lowest BCUT2D eigenvalue weighted by Crippen LogP contribution is -2.24. The third kappa shape index (κ3) is 6.48. The van der Waals surface area contributed by atoms with E-state index in [9.17, 15) is 22.8 Å². The van der Waals surface area contributed by atoms with E-state index in [0.29, 0.717) is 23.2 Å². The van der Waals surface area contributed by atoms with Crippen LogP contribution < -0.4 is 10.0 Å². The molecule has 1 aliphatic rings. The molecule has 0 aromatic heterocycles. The number of unbranched alkanes of at least 4 members (excludes halogenated alkanes) is 2. The highest BCUT2D eigenvalue weighted by Gasteiger charge is 2.30. The van der Waals surface area contributed by atoms with Crippen molar-refractivity contribution in [3.8, 4) is 0 Å². The fourth-order valence-corrected chi connectivity index (χ4v) is 4.42. The van der Waals surface area contributed by atoms with Gasteiger partial charge in [0.1, 0.15) is 12.4 Å². The Hall–Kier alpha value is -3.53. The van der Waals surface area contributed by atoms with E-state index in [0.717, 1.165) is 19.3 Å². The quantitative estimate of drug-likeness (QED) is 0.311. The molecule has 2 N–H and O–H groups in total. The van der Waals surface area contributed by atoms with Crippen molar-refractivity contribution < 1.29 is 27.5 Å². The number of rotatable bonds is 10. The molecule has 1 aliphatic heterocycles. The van der Waals surface area contributed by atoms with Crippen molar-refractivity contribution in [1.29, 1.82) is 0 Å². The van der Waals surface area contributed by atoms with E-state index in [4.69, 9.17) is 4.74 Å². The lowest BCUT2D eigenvalue weighted by Gasteiger charge is -2.07. The first kappa shape index (κ1) is 24.1. The number of Topliss-reactive ketones (excluding diaryl/α,β-unsaturated/α-hetero) is 1. The maximum Gasteiger partial charge on any atom is 0.328 e. The monoisotopic (exact) mass is 471 g/mol. The predicted molar refractivity (Wildman–Crippen MR) is 123 cm³/mol. The maximum absolute atomic E-state index is 12.3. The average Bonchev–Trinajstić information content (AvgIpc) is 3.07. The zero-order valence-electron chi connectivity index (χ0n) is 18.2.